The number of amides is 2. The third-order valence-electron chi connectivity index (χ3n) is 4.17. The number of aryl methyl sites for hydroxylation is 1. The number of nitrogens with zero attached hydrogens (tertiary/aromatic N) is 1. The van der Waals surface area contributed by atoms with Crippen molar-refractivity contribution in [1.29, 1.82) is 0 Å². The van der Waals surface area contributed by atoms with E-state index in [1.165, 1.54) is 6.92 Å². The van der Waals surface area contributed by atoms with E-state index in [9.17, 15) is 14.4 Å². The largest absolute Gasteiger partial charge is 0.493 e. The Morgan fingerprint density at radius 2 is 2.00 bits per heavy atom. The number of aromatic nitrogens is 2. The highest BCUT2D eigenvalue weighted by atomic mass is 16.5. The first-order valence-corrected chi connectivity index (χ1v) is 9.15. The topological polar surface area (TPSA) is 113 Å². The first-order chi connectivity index (χ1) is 13.2. The number of benzene rings is 1. The van der Waals surface area contributed by atoms with Crippen molar-refractivity contribution in [2.24, 2.45) is 0 Å². The minimum absolute atomic E-state index is 0.224. The molecule has 2 aromatic rings. The number of hydrogen-bond donors (Lipinski definition) is 3. The summed E-state index contributed by atoms with van der Waals surface area (Å²) in [5.74, 6) is 0.278. The van der Waals surface area contributed by atoms with Crippen molar-refractivity contribution < 1.29 is 14.3 Å². The molecule has 1 aromatic carbocycles. The van der Waals surface area contributed by atoms with Gasteiger partial charge in [0, 0.05) is 23.9 Å². The molecule has 0 spiro atoms. The Kier molecular flexibility index (Phi) is 6.92. The summed E-state index contributed by atoms with van der Waals surface area (Å²) in [5, 5.41) is 5.29. The van der Waals surface area contributed by atoms with Crippen molar-refractivity contribution in [2.75, 3.05) is 11.9 Å². The maximum atomic E-state index is 12.3. The average Bonchev–Trinajstić information content (AvgIpc) is 2.64. The summed E-state index contributed by atoms with van der Waals surface area (Å²) >= 11 is 0. The second kappa shape index (κ2) is 9.16. The van der Waals surface area contributed by atoms with E-state index < -0.39 is 6.04 Å². The summed E-state index contributed by atoms with van der Waals surface area (Å²) in [5.41, 5.74) is 2.01. The van der Waals surface area contributed by atoms with Gasteiger partial charge in [-0.25, -0.2) is 4.98 Å². The zero-order valence-electron chi connectivity index (χ0n) is 16.8. The van der Waals surface area contributed by atoms with Gasteiger partial charge in [-0.2, -0.15) is 0 Å². The van der Waals surface area contributed by atoms with Crippen LogP contribution in [0.2, 0.25) is 0 Å². The summed E-state index contributed by atoms with van der Waals surface area (Å²) in [4.78, 5) is 42.8. The SMILES string of the molecule is CCCOc1ccc(NC(=O)C(C)NC(C)=O)cc1-c1nc(C)c(C)c(=O)[nH]1. The zero-order valence-corrected chi connectivity index (χ0v) is 16.8. The van der Waals surface area contributed by atoms with E-state index in [0.717, 1.165) is 6.42 Å². The van der Waals surface area contributed by atoms with Crippen LogP contribution in [0.15, 0.2) is 23.0 Å². The summed E-state index contributed by atoms with van der Waals surface area (Å²) in [6, 6.07) is 4.43. The van der Waals surface area contributed by atoms with E-state index >= 15 is 0 Å². The van der Waals surface area contributed by atoms with Crippen molar-refractivity contribution in [3.05, 3.63) is 39.8 Å². The van der Waals surface area contributed by atoms with Gasteiger partial charge in [-0.05, 0) is 45.4 Å². The molecular weight excluding hydrogens is 360 g/mol. The van der Waals surface area contributed by atoms with Crippen LogP contribution >= 0.6 is 0 Å². The van der Waals surface area contributed by atoms with Gasteiger partial charge in [0.25, 0.3) is 5.56 Å². The highest BCUT2D eigenvalue weighted by Crippen LogP contribution is 2.30. The molecule has 0 saturated heterocycles. The summed E-state index contributed by atoms with van der Waals surface area (Å²) in [6.45, 7) is 8.92. The fourth-order valence-corrected chi connectivity index (χ4v) is 2.52. The lowest BCUT2D eigenvalue weighted by molar-refractivity contribution is -0.124. The van der Waals surface area contributed by atoms with Crippen LogP contribution < -0.4 is 20.9 Å². The molecule has 1 unspecified atom stereocenters. The number of ether oxygens (including phenoxy) is 1. The van der Waals surface area contributed by atoms with E-state index in [0.29, 0.717) is 40.7 Å². The molecule has 28 heavy (non-hydrogen) atoms. The van der Waals surface area contributed by atoms with Crippen molar-refractivity contribution in [3.63, 3.8) is 0 Å². The van der Waals surface area contributed by atoms with Gasteiger partial charge in [-0.1, -0.05) is 6.92 Å². The maximum absolute atomic E-state index is 12.3. The quantitative estimate of drug-likeness (QED) is 0.676. The normalized spacial score (nSPS) is 11.6. The molecule has 2 rings (SSSR count). The first kappa shape index (κ1) is 21.1. The highest BCUT2D eigenvalue weighted by molar-refractivity contribution is 5.97. The van der Waals surface area contributed by atoms with E-state index in [4.69, 9.17) is 4.74 Å². The molecule has 0 aliphatic carbocycles. The number of anilines is 1. The number of rotatable bonds is 7. The van der Waals surface area contributed by atoms with Gasteiger partial charge in [-0.3, -0.25) is 14.4 Å². The molecule has 0 radical (unpaired) electrons. The van der Waals surface area contributed by atoms with E-state index in [2.05, 4.69) is 20.6 Å². The molecule has 1 heterocycles. The molecular formula is C20H26N4O4. The number of carbonyl (C=O) groups is 2. The molecule has 3 N–H and O–H groups in total. The van der Waals surface area contributed by atoms with Gasteiger partial charge < -0.3 is 20.4 Å². The Hall–Kier alpha value is -3.16. The molecule has 2 amide bonds. The third kappa shape index (κ3) is 5.18. The maximum Gasteiger partial charge on any atom is 0.254 e. The van der Waals surface area contributed by atoms with Crippen molar-refractivity contribution in [2.45, 2.75) is 47.1 Å². The molecule has 0 saturated carbocycles. The fourth-order valence-electron chi connectivity index (χ4n) is 2.52. The predicted molar refractivity (Wildman–Crippen MR) is 107 cm³/mol. The monoisotopic (exact) mass is 386 g/mol. The molecule has 0 aliphatic rings. The molecule has 0 aliphatic heterocycles. The zero-order chi connectivity index (χ0) is 20.8. The smallest absolute Gasteiger partial charge is 0.254 e. The Labute approximate surface area is 163 Å². The third-order valence-corrected chi connectivity index (χ3v) is 4.17. The number of hydrogen-bond acceptors (Lipinski definition) is 5. The van der Waals surface area contributed by atoms with Crippen molar-refractivity contribution >= 4 is 17.5 Å². The van der Waals surface area contributed by atoms with E-state index in [-0.39, 0.29) is 17.4 Å². The first-order valence-electron chi connectivity index (χ1n) is 9.15. The Balaban J connectivity index is 2.41. The number of nitrogens with one attached hydrogen (secondary N) is 3. The summed E-state index contributed by atoms with van der Waals surface area (Å²) in [6.07, 6.45) is 0.822. The lowest BCUT2D eigenvalue weighted by atomic mass is 10.1. The number of H-pyrrole nitrogens is 1. The average molecular weight is 386 g/mol. The molecule has 8 nitrogen and oxygen atoms in total. The predicted octanol–water partition coefficient (Wildman–Crippen LogP) is 2.31. The van der Waals surface area contributed by atoms with Crippen LogP contribution in [0.25, 0.3) is 11.4 Å². The second-order valence-electron chi connectivity index (χ2n) is 6.60. The molecule has 0 fully saturated rings. The minimum atomic E-state index is -0.684. The standard InChI is InChI=1S/C20H26N4O4/c1-6-9-28-17-8-7-15(23-20(27)13(4)21-14(5)25)10-16(17)18-22-12(3)11(2)19(26)24-18/h7-8,10,13H,6,9H2,1-5H3,(H,21,25)(H,23,27)(H,22,24,26). The van der Waals surface area contributed by atoms with Crippen LogP contribution in [-0.4, -0.2) is 34.4 Å². The molecule has 150 valence electrons. The lowest BCUT2D eigenvalue weighted by Gasteiger charge is -2.16. The van der Waals surface area contributed by atoms with Crippen LogP contribution in [0, 0.1) is 13.8 Å². The second-order valence-corrected chi connectivity index (χ2v) is 6.60. The summed E-state index contributed by atoms with van der Waals surface area (Å²) < 4.78 is 5.78. The van der Waals surface area contributed by atoms with Crippen molar-refractivity contribution in [1.82, 2.24) is 15.3 Å². The lowest BCUT2D eigenvalue weighted by Crippen LogP contribution is -2.40. The van der Waals surface area contributed by atoms with E-state index in [1.54, 1.807) is 39.0 Å². The van der Waals surface area contributed by atoms with Gasteiger partial charge in [0.15, 0.2) is 0 Å². The molecule has 1 aromatic heterocycles. The molecule has 1 atom stereocenters. The van der Waals surface area contributed by atoms with Crippen molar-refractivity contribution in [3.8, 4) is 17.1 Å². The van der Waals surface area contributed by atoms with Gasteiger partial charge >= 0.3 is 0 Å². The fraction of sp³-hybridized carbons (Fsp3) is 0.400. The Morgan fingerprint density at radius 1 is 1.29 bits per heavy atom. The van der Waals surface area contributed by atoms with Crippen LogP contribution in [-0.2, 0) is 9.59 Å². The summed E-state index contributed by atoms with van der Waals surface area (Å²) in [7, 11) is 0. The number of aromatic amines is 1. The van der Waals surface area contributed by atoms with Gasteiger partial charge in [0.1, 0.15) is 17.6 Å². The number of carbonyl (C=O) groups excluding carboxylic acids is 2. The van der Waals surface area contributed by atoms with Gasteiger partial charge in [0.05, 0.1) is 12.2 Å². The van der Waals surface area contributed by atoms with E-state index in [1.807, 2.05) is 6.92 Å². The molecule has 0 bridgehead atoms. The van der Waals surface area contributed by atoms with Crippen LogP contribution in [0.4, 0.5) is 5.69 Å². The molecule has 8 heteroatoms. The van der Waals surface area contributed by atoms with Gasteiger partial charge in [0.2, 0.25) is 11.8 Å². The minimum Gasteiger partial charge on any atom is -0.493 e. The Morgan fingerprint density at radius 3 is 2.61 bits per heavy atom. The van der Waals surface area contributed by atoms with Gasteiger partial charge in [-0.15, -0.1) is 0 Å². The van der Waals surface area contributed by atoms with Crippen LogP contribution in [0.1, 0.15) is 38.4 Å². The van der Waals surface area contributed by atoms with Crippen LogP contribution in [0.3, 0.4) is 0 Å². The van der Waals surface area contributed by atoms with Crippen LogP contribution in [0.5, 0.6) is 5.75 Å². The highest BCUT2D eigenvalue weighted by Gasteiger charge is 2.17. The Bertz CT molecular complexity index is 936.